The molecule has 0 unspecified atom stereocenters. The quantitative estimate of drug-likeness (QED) is 0.0655. The Morgan fingerprint density at radius 2 is 1.34 bits per heavy atom. The molecule has 0 aromatic heterocycles. The number of carbonyl (C=O) groups excluding carboxylic acids is 4. The van der Waals surface area contributed by atoms with Crippen LogP contribution in [0, 0.1) is 0 Å². The average Bonchev–Trinajstić information content (AvgIpc) is 2.84. The van der Waals surface area contributed by atoms with Crippen LogP contribution >= 0.6 is 0 Å². The molecule has 5 atom stereocenters. The fourth-order valence-electron chi connectivity index (χ4n) is 4.43. The van der Waals surface area contributed by atoms with Crippen LogP contribution in [0.15, 0.2) is 5.11 Å². The van der Waals surface area contributed by atoms with Crippen molar-refractivity contribution < 1.29 is 38.1 Å². The van der Waals surface area contributed by atoms with Crippen LogP contribution < -0.4 is 5.32 Å². The number of nitrogens with one attached hydrogen (secondary N) is 1. The molecular formula is C26H44N4O8. The standard InChI is InChI=1S/C26H44N4O8/c1-5-6-7-8-9-10-11-12-13-14-15-16-22(34)28-23-25(37-20(4)33)24(36-19(3)32)21(17-35-18(2)31)38-26(23)29-30-27/h21,23-26H,5-17H2,1-4H3,(H,28,34)/t21-,23-,24-,25-,26-/m1/s1. The number of unbranched alkanes of at least 4 members (excludes halogenated alkanes) is 10. The molecule has 0 aromatic carbocycles. The molecule has 1 rings (SSSR count). The molecule has 1 aliphatic rings. The van der Waals surface area contributed by atoms with Crippen LogP contribution in [0.2, 0.25) is 0 Å². The van der Waals surface area contributed by atoms with Crippen LogP contribution in [0.4, 0.5) is 0 Å². The molecule has 1 amide bonds. The van der Waals surface area contributed by atoms with Gasteiger partial charge in [0.2, 0.25) is 5.91 Å². The van der Waals surface area contributed by atoms with Crippen molar-refractivity contribution in [2.75, 3.05) is 6.61 Å². The van der Waals surface area contributed by atoms with Crippen LogP contribution in [0.5, 0.6) is 0 Å². The van der Waals surface area contributed by atoms with Crippen molar-refractivity contribution in [3.8, 4) is 0 Å². The maximum Gasteiger partial charge on any atom is 0.303 e. The van der Waals surface area contributed by atoms with Crippen molar-refractivity contribution in [1.29, 1.82) is 0 Å². The van der Waals surface area contributed by atoms with Crippen molar-refractivity contribution in [1.82, 2.24) is 5.32 Å². The van der Waals surface area contributed by atoms with Gasteiger partial charge < -0.3 is 24.3 Å². The third-order valence-electron chi connectivity index (χ3n) is 6.22. The molecule has 1 N–H and O–H groups in total. The summed E-state index contributed by atoms with van der Waals surface area (Å²) >= 11 is 0. The van der Waals surface area contributed by atoms with Gasteiger partial charge >= 0.3 is 17.9 Å². The first-order chi connectivity index (χ1) is 18.2. The highest BCUT2D eigenvalue weighted by Crippen LogP contribution is 2.28. The number of nitrogens with zero attached hydrogens (tertiary/aromatic N) is 3. The number of amides is 1. The molecule has 1 aliphatic heterocycles. The Labute approximate surface area is 225 Å². The second-order valence-corrected chi connectivity index (χ2v) is 9.60. The third kappa shape index (κ3) is 13.6. The molecule has 1 fully saturated rings. The maximum absolute atomic E-state index is 12.8. The van der Waals surface area contributed by atoms with E-state index in [1.807, 2.05) is 0 Å². The van der Waals surface area contributed by atoms with Crippen LogP contribution in [-0.4, -0.2) is 61.0 Å². The lowest BCUT2D eigenvalue weighted by molar-refractivity contribution is -0.222. The van der Waals surface area contributed by atoms with Crippen LogP contribution in [0.1, 0.15) is 105 Å². The highest BCUT2D eigenvalue weighted by Gasteiger charge is 2.50. The Balaban J connectivity index is 2.73. The molecule has 0 bridgehead atoms. The van der Waals surface area contributed by atoms with Gasteiger partial charge in [0.15, 0.2) is 18.4 Å². The molecule has 1 heterocycles. The van der Waals surface area contributed by atoms with Gasteiger partial charge in [-0.25, -0.2) is 0 Å². The second-order valence-electron chi connectivity index (χ2n) is 9.60. The summed E-state index contributed by atoms with van der Waals surface area (Å²) in [6.07, 6.45) is 8.01. The Morgan fingerprint density at radius 3 is 1.84 bits per heavy atom. The van der Waals surface area contributed by atoms with Gasteiger partial charge in [-0.2, -0.15) is 0 Å². The van der Waals surface area contributed by atoms with E-state index in [2.05, 4.69) is 22.3 Å². The van der Waals surface area contributed by atoms with E-state index >= 15 is 0 Å². The first-order valence-electron chi connectivity index (χ1n) is 13.7. The van der Waals surface area contributed by atoms with E-state index < -0.39 is 48.5 Å². The summed E-state index contributed by atoms with van der Waals surface area (Å²) in [5, 5.41) is 6.33. The summed E-state index contributed by atoms with van der Waals surface area (Å²) in [5.74, 6) is -2.35. The largest absolute Gasteiger partial charge is 0.463 e. The van der Waals surface area contributed by atoms with E-state index in [0.717, 1.165) is 33.1 Å². The lowest BCUT2D eigenvalue weighted by Crippen LogP contribution is -2.65. The normalized spacial score (nSPS) is 22.6. The summed E-state index contributed by atoms with van der Waals surface area (Å²) in [6.45, 7) is 5.38. The molecule has 0 aliphatic carbocycles. The lowest BCUT2D eigenvalue weighted by atomic mass is 9.95. The van der Waals surface area contributed by atoms with Crippen molar-refractivity contribution in [3.63, 3.8) is 0 Å². The SMILES string of the molecule is CCCCCCCCCCCCCC(=O)N[C@@H]1[C@@H](OC(C)=O)[C@H](OC(C)=O)[C@@H](COC(C)=O)O[C@H]1N=[N+]=[N-]. The molecule has 216 valence electrons. The zero-order valence-electron chi connectivity index (χ0n) is 23.2. The monoisotopic (exact) mass is 540 g/mol. The minimum atomic E-state index is -1.29. The topological polar surface area (TPSA) is 166 Å². The summed E-state index contributed by atoms with van der Waals surface area (Å²) in [4.78, 5) is 50.5. The minimum Gasteiger partial charge on any atom is -0.463 e. The number of esters is 3. The van der Waals surface area contributed by atoms with Gasteiger partial charge in [0, 0.05) is 32.1 Å². The Bertz CT molecular complexity index is 802. The van der Waals surface area contributed by atoms with Gasteiger partial charge in [0.1, 0.15) is 18.8 Å². The van der Waals surface area contributed by atoms with Crippen molar-refractivity contribution in [3.05, 3.63) is 10.4 Å². The van der Waals surface area contributed by atoms with Crippen molar-refractivity contribution in [2.45, 2.75) is 135 Å². The summed E-state index contributed by atoms with van der Waals surface area (Å²) in [5.41, 5.74) is 9.06. The van der Waals surface area contributed by atoms with Gasteiger partial charge in [-0.1, -0.05) is 76.2 Å². The predicted octanol–water partition coefficient (Wildman–Crippen LogP) is 4.63. The highest BCUT2D eigenvalue weighted by molar-refractivity contribution is 5.76. The number of ether oxygens (including phenoxy) is 4. The smallest absolute Gasteiger partial charge is 0.303 e. The molecule has 1 saturated heterocycles. The second kappa shape index (κ2) is 19.3. The van der Waals surface area contributed by atoms with Gasteiger partial charge in [-0.3, -0.25) is 19.2 Å². The van der Waals surface area contributed by atoms with Gasteiger partial charge in [0.25, 0.3) is 0 Å². The highest BCUT2D eigenvalue weighted by atomic mass is 16.6. The molecule has 12 heteroatoms. The van der Waals surface area contributed by atoms with Crippen molar-refractivity contribution >= 4 is 23.8 Å². The predicted molar refractivity (Wildman–Crippen MR) is 139 cm³/mol. The number of azide groups is 1. The number of hydrogen-bond donors (Lipinski definition) is 1. The summed E-state index contributed by atoms with van der Waals surface area (Å²) < 4.78 is 21.5. The average molecular weight is 541 g/mol. The zero-order chi connectivity index (χ0) is 28.3. The van der Waals surface area contributed by atoms with Crippen molar-refractivity contribution in [2.24, 2.45) is 5.11 Å². The Hall–Kier alpha value is -2.85. The fourth-order valence-corrected chi connectivity index (χ4v) is 4.43. The van der Waals surface area contributed by atoms with Crippen LogP contribution in [-0.2, 0) is 38.1 Å². The fraction of sp³-hybridized carbons (Fsp3) is 0.846. The van der Waals surface area contributed by atoms with E-state index in [1.54, 1.807) is 0 Å². The van der Waals surface area contributed by atoms with Gasteiger partial charge in [-0.05, 0) is 12.0 Å². The van der Waals surface area contributed by atoms with Crippen LogP contribution in [0.25, 0.3) is 10.4 Å². The van der Waals surface area contributed by atoms with Gasteiger partial charge in [0.05, 0.1) is 0 Å². The lowest BCUT2D eigenvalue weighted by Gasteiger charge is -2.44. The molecule has 38 heavy (non-hydrogen) atoms. The number of rotatable bonds is 18. The third-order valence-corrected chi connectivity index (χ3v) is 6.22. The van der Waals surface area contributed by atoms with E-state index in [1.165, 1.54) is 51.9 Å². The minimum absolute atomic E-state index is 0.221. The maximum atomic E-state index is 12.8. The first kappa shape index (κ1) is 33.2. The Kier molecular flexibility index (Phi) is 16.8. The number of carbonyl (C=O) groups is 4. The van der Waals surface area contributed by atoms with E-state index in [4.69, 9.17) is 24.5 Å². The Morgan fingerprint density at radius 1 is 0.816 bits per heavy atom. The molecule has 0 spiro atoms. The van der Waals surface area contributed by atoms with E-state index in [9.17, 15) is 19.2 Å². The summed E-state index contributed by atoms with van der Waals surface area (Å²) in [7, 11) is 0. The molecule has 12 nitrogen and oxygen atoms in total. The molecule has 0 radical (unpaired) electrons. The molecule has 0 aromatic rings. The molecular weight excluding hydrogens is 496 g/mol. The first-order valence-corrected chi connectivity index (χ1v) is 13.7. The van der Waals surface area contributed by atoms with E-state index in [0.29, 0.717) is 6.42 Å². The summed E-state index contributed by atoms with van der Waals surface area (Å²) in [6, 6.07) is -1.12. The van der Waals surface area contributed by atoms with Crippen LogP contribution in [0.3, 0.4) is 0 Å². The van der Waals surface area contributed by atoms with Gasteiger partial charge in [-0.15, -0.1) is 0 Å². The number of hydrogen-bond acceptors (Lipinski definition) is 9. The zero-order valence-corrected chi connectivity index (χ0v) is 23.2. The molecule has 0 saturated carbocycles. The van der Waals surface area contributed by atoms with E-state index in [-0.39, 0.29) is 18.9 Å².